The molecule has 1 aliphatic carbocycles. The number of carbonyl (C=O) groups excluding carboxylic acids is 1. The highest BCUT2D eigenvalue weighted by Gasteiger charge is 2.28. The fourth-order valence-corrected chi connectivity index (χ4v) is 4.54. The molecule has 0 unspecified atom stereocenters. The highest BCUT2D eigenvalue weighted by molar-refractivity contribution is 5.74. The van der Waals surface area contributed by atoms with Crippen LogP contribution in [-0.4, -0.2) is 57.8 Å². The van der Waals surface area contributed by atoms with Crippen molar-refractivity contribution in [2.45, 2.75) is 52.2 Å². The Bertz CT molecular complexity index is 822. The summed E-state index contributed by atoms with van der Waals surface area (Å²) in [5.74, 6) is 0. The first-order valence-electron chi connectivity index (χ1n) is 10.5. The summed E-state index contributed by atoms with van der Waals surface area (Å²) < 4.78 is 1.96. The second-order valence-corrected chi connectivity index (χ2v) is 7.92. The van der Waals surface area contributed by atoms with Crippen LogP contribution in [-0.2, 0) is 25.9 Å². The van der Waals surface area contributed by atoms with Gasteiger partial charge in [0.15, 0.2) is 0 Å². The summed E-state index contributed by atoms with van der Waals surface area (Å²) in [6, 6.07) is 9.48. The number of benzene rings is 1. The van der Waals surface area contributed by atoms with Crippen LogP contribution in [0.4, 0.5) is 4.79 Å². The van der Waals surface area contributed by atoms with Gasteiger partial charge in [-0.1, -0.05) is 24.3 Å². The Labute approximate surface area is 167 Å². The highest BCUT2D eigenvalue weighted by atomic mass is 16.2. The molecule has 0 radical (unpaired) electrons. The van der Waals surface area contributed by atoms with Crippen LogP contribution < -0.4 is 5.32 Å². The van der Waals surface area contributed by atoms with Gasteiger partial charge in [0, 0.05) is 56.6 Å². The van der Waals surface area contributed by atoms with Crippen LogP contribution in [0.5, 0.6) is 0 Å². The topological polar surface area (TPSA) is 53.4 Å². The third-order valence-electron chi connectivity index (χ3n) is 6.37. The fraction of sp³-hybridized carbons (Fsp3) is 0.545. The van der Waals surface area contributed by atoms with Crippen molar-refractivity contribution in [1.29, 1.82) is 0 Å². The maximum atomic E-state index is 12.6. The van der Waals surface area contributed by atoms with Crippen LogP contribution in [0.25, 0.3) is 0 Å². The molecule has 28 heavy (non-hydrogen) atoms. The number of hydrogen-bond donors (Lipinski definition) is 1. The molecule has 6 nitrogen and oxygen atoms in total. The molecule has 4 rings (SSSR count). The third kappa shape index (κ3) is 3.92. The number of urea groups is 1. The van der Waals surface area contributed by atoms with Crippen molar-refractivity contribution < 1.29 is 4.79 Å². The number of rotatable bonds is 4. The van der Waals surface area contributed by atoms with E-state index in [9.17, 15) is 4.79 Å². The van der Waals surface area contributed by atoms with E-state index in [0.29, 0.717) is 12.6 Å². The van der Waals surface area contributed by atoms with Crippen LogP contribution in [0.15, 0.2) is 30.5 Å². The summed E-state index contributed by atoms with van der Waals surface area (Å²) in [5, 5.41) is 7.42. The standard InChI is InChI=1S/C22H31N5O/c1-3-27-17(2)20(16-24-27)15-23-22(28)26-12-10-25(11-13-26)21-9-8-18-6-4-5-7-19(18)14-21/h4-7,16,21H,3,8-15H2,1-2H3,(H,23,28)/t21-/m0/s1. The first kappa shape index (κ1) is 19.0. The van der Waals surface area contributed by atoms with Crippen LogP contribution in [0, 0.1) is 6.92 Å². The number of carbonyl (C=O) groups is 1. The molecule has 2 amide bonds. The molecular weight excluding hydrogens is 350 g/mol. The predicted molar refractivity (Wildman–Crippen MR) is 110 cm³/mol. The summed E-state index contributed by atoms with van der Waals surface area (Å²) >= 11 is 0. The zero-order valence-electron chi connectivity index (χ0n) is 17.0. The molecule has 2 aliphatic rings. The quantitative estimate of drug-likeness (QED) is 0.886. The van der Waals surface area contributed by atoms with Crippen molar-refractivity contribution in [3.8, 4) is 0 Å². The van der Waals surface area contributed by atoms with E-state index in [2.05, 4.69) is 53.4 Å². The van der Waals surface area contributed by atoms with Crippen LogP contribution >= 0.6 is 0 Å². The van der Waals surface area contributed by atoms with Gasteiger partial charge in [0.05, 0.1) is 6.20 Å². The largest absolute Gasteiger partial charge is 0.334 e. The number of fused-ring (bicyclic) bond motifs is 1. The molecule has 2 heterocycles. The van der Waals surface area contributed by atoms with Crippen molar-refractivity contribution in [2.24, 2.45) is 0 Å². The predicted octanol–water partition coefficient (Wildman–Crippen LogP) is 2.60. The van der Waals surface area contributed by atoms with E-state index in [-0.39, 0.29) is 6.03 Å². The number of hydrogen-bond acceptors (Lipinski definition) is 3. The minimum Gasteiger partial charge on any atom is -0.334 e. The lowest BCUT2D eigenvalue weighted by Gasteiger charge is -2.41. The number of nitrogens with zero attached hydrogens (tertiary/aromatic N) is 4. The summed E-state index contributed by atoms with van der Waals surface area (Å²) in [4.78, 5) is 17.1. The fourth-order valence-electron chi connectivity index (χ4n) is 4.54. The zero-order valence-corrected chi connectivity index (χ0v) is 17.0. The second-order valence-electron chi connectivity index (χ2n) is 7.92. The number of nitrogens with one attached hydrogen (secondary N) is 1. The molecular formula is C22H31N5O. The normalized spacial score (nSPS) is 20.1. The lowest BCUT2D eigenvalue weighted by molar-refractivity contribution is 0.101. The number of piperazine rings is 1. The molecule has 150 valence electrons. The Hall–Kier alpha value is -2.34. The van der Waals surface area contributed by atoms with E-state index < -0.39 is 0 Å². The first-order chi connectivity index (χ1) is 13.7. The molecule has 1 saturated heterocycles. The van der Waals surface area contributed by atoms with Gasteiger partial charge >= 0.3 is 6.03 Å². The summed E-state index contributed by atoms with van der Waals surface area (Å²) in [6.45, 7) is 9.07. The Morgan fingerprint density at radius 3 is 2.64 bits per heavy atom. The molecule has 1 N–H and O–H groups in total. The van der Waals surface area contributed by atoms with E-state index in [1.165, 1.54) is 24.0 Å². The van der Waals surface area contributed by atoms with Crippen molar-refractivity contribution in [2.75, 3.05) is 26.2 Å². The first-order valence-corrected chi connectivity index (χ1v) is 10.5. The average molecular weight is 382 g/mol. The molecule has 1 aromatic heterocycles. The van der Waals surface area contributed by atoms with E-state index in [0.717, 1.165) is 50.4 Å². The van der Waals surface area contributed by atoms with Gasteiger partial charge in [-0.15, -0.1) is 0 Å². The monoisotopic (exact) mass is 381 g/mol. The SMILES string of the molecule is CCn1ncc(CNC(=O)N2CCN([C@H]3CCc4ccccc4C3)CC2)c1C. The van der Waals surface area contributed by atoms with Crippen molar-refractivity contribution >= 4 is 6.03 Å². The van der Waals surface area contributed by atoms with Gasteiger partial charge in [-0.25, -0.2) is 4.79 Å². The van der Waals surface area contributed by atoms with Crippen LogP contribution in [0.2, 0.25) is 0 Å². The Morgan fingerprint density at radius 2 is 1.93 bits per heavy atom. The average Bonchev–Trinajstić information content (AvgIpc) is 3.11. The zero-order chi connectivity index (χ0) is 19.5. The molecule has 1 atom stereocenters. The lowest BCUT2D eigenvalue weighted by atomic mass is 9.87. The minimum atomic E-state index is 0.0392. The van der Waals surface area contributed by atoms with E-state index in [1.54, 1.807) is 0 Å². The minimum absolute atomic E-state index is 0.0392. The Balaban J connectivity index is 1.26. The molecule has 2 aromatic rings. The van der Waals surface area contributed by atoms with Crippen LogP contribution in [0.1, 0.15) is 35.7 Å². The summed E-state index contributed by atoms with van der Waals surface area (Å²) in [7, 11) is 0. The van der Waals surface area contributed by atoms with E-state index in [1.807, 2.05) is 15.8 Å². The van der Waals surface area contributed by atoms with Gasteiger partial charge in [-0.05, 0) is 44.2 Å². The van der Waals surface area contributed by atoms with Crippen molar-refractivity contribution in [1.82, 2.24) is 24.9 Å². The Kier molecular flexibility index (Phi) is 5.67. The van der Waals surface area contributed by atoms with E-state index in [4.69, 9.17) is 0 Å². The van der Waals surface area contributed by atoms with Gasteiger partial charge < -0.3 is 10.2 Å². The molecule has 1 aliphatic heterocycles. The van der Waals surface area contributed by atoms with Gasteiger partial charge in [0.25, 0.3) is 0 Å². The molecule has 6 heteroatoms. The van der Waals surface area contributed by atoms with Crippen molar-refractivity contribution in [3.05, 3.63) is 52.8 Å². The second kappa shape index (κ2) is 8.35. The third-order valence-corrected chi connectivity index (χ3v) is 6.37. The maximum Gasteiger partial charge on any atom is 0.317 e. The molecule has 0 saturated carbocycles. The highest BCUT2D eigenvalue weighted by Crippen LogP contribution is 2.25. The molecule has 0 bridgehead atoms. The lowest BCUT2D eigenvalue weighted by Crippen LogP contribution is -2.55. The van der Waals surface area contributed by atoms with Gasteiger partial charge in [-0.3, -0.25) is 9.58 Å². The molecule has 1 fully saturated rings. The maximum absolute atomic E-state index is 12.6. The number of aryl methyl sites for hydroxylation is 2. The smallest absolute Gasteiger partial charge is 0.317 e. The molecule has 1 aromatic carbocycles. The van der Waals surface area contributed by atoms with Crippen LogP contribution in [0.3, 0.4) is 0 Å². The van der Waals surface area contributed by atoms with Gasteiger partial charge in [-0.2, -0.15) is 5.10 Å². The number of aromatic nitrogens is 2. The van der Waals surface area contributed by atoms with Gasteiger partial charge in [0.1, 0.15) is 0 Å². The number of amides is 2. The van der Waals surface area contributed by atoms with E-state index >= 15 is 0 Å². The van der Waals surface area contributed by atoms with Gasteiger partial charge in [0.2, 0.25) is 0 Å². The Morgan fingerprint density at radius 1 is 1.18 bits per heavy atom. The summed E-state index contributed by atoms with van der Waals surface area (Å²) in [5.41, 5.74) is 5.24. The summed E-state index contributed by atoms with van der Waals surface area (Å²) in [6.07, 6.45) is 5.40. The van der Waals surface area contributed by atoms with Crippen molar-refractivity contribution in [3.63, 3.8) is 0 Å². The molecule has 0 spiro atoms.